The SMILES string of the molecule is CCc1nnc(-c2ccc3ccn(CC(=O)Nc4cc(C)ccn4)c3c2)o1. The van der Waals surface area contributed by atoms with Crippen molar-refractivity contribution < 1.29 is 9.21 Å². The number of benzene rings is 1. The van der Waals surface area contributed by atoms with Crippen molar-refractivity contribution in [3.63, 3.8) is 0 Å². The second-order valence-corrected chi connectivity index (χ2v) is 6.34. The number of aromatic nitrogens is 4. The van der Waals surface area contributed by atoms with E-state index in [1.807, 2.05) is 61.0 Å². The first-order chi connectivity index (χ1) is 13.1. The Labute approximate surface area is 156 Å². The van der Waals surface area contributed by atoms with Crippen LogP contribution in [0.2, 0.25) is 0 Å². The number of nitrogens with one attached hydrogen (secondary N) is 1. The zero-order chi connectivity index (χ0) is 18.8. The Morgan fingerprint density at radius 1 is 1.19 bits per heavy atom. The fourth-order valence-electron chi connectivity index (χ4n) is 2.91. The van der Waals surface area contributed by atoms with Gasteiger partial charge in [-0.05, 0) is 48.2 Å². The molecule has 0 atom stereocenters. The van der Waals surface area contributed by atoms with Gasteiger partial charge < -0.3 is 14.3 Å². The highest BCUT2D eigenvalue weighted by Crippen LogP contribution is 2.24. The van der Waals surface area contributed by atoms with Crippen LogP contribution in [0.5, 0.6) is 0 Å². The van der Waals surface area contributed by atoms with E-state index >= 15 is 0 Å². The number of aryl methyl sites for hydroxylation is 2. The molecule has 0 saturated carbocycles. The van der Waals surface area contributed by atoms with Crippen LogP contribution >= 0.6 is 0 Å². The second kappa shape index (κ2) is 7.03. The molecule has 7 heteroatoms. The molecule has 0 unspecified atom stereocenters. The van der Waals surface area contributed by atoms with Crippen LogP contribution < -0.4 is 5.32 Å². The molecule has 0 aliphatic heterocycles. The quantitative estimate of drug-likeness (QED) is 0.587. The third-order valence-corrected chi connectivity index (χ3v) is 4.29. The molecule has 4 aromatic rings. The Morgan fingerprint density at radius 2 is 2.07 bits per heavy atom. The number of nitrogens with zero attached hydrogens (tertiary/aromatic N) is 4. The molecule has 0 spiro atoms. The molecule has 3 heterocycles. The average Bonchev–Trinajstić information content (AvgIpc) is 3.28. The number of hydrogen-bond donors (Lipinski definition) is 1. The minimum atomic E-state index is -0.137. The monoisotopic (exact) mass is 361 g/mol. The van der Waals surface area contributed by atoms with Crippen LogP contribution in [0.15, 0.2) is 53.2 Å². The normalized spacial score (nSPS) is 11.0. The Kier molecular flexibility index (Phi) is 4.42. The minimum absolute atomic E-state index is 0.137. The molecule has 0 bridgehead atoms. The molecular weight excluding hydrogens is 342 g/mol. The summed E-state index contributed by atoms with van der Waals surface area (Å²) in [5.74, 6) is 1.50. The van der Waals surface area contributed by atoms with Gasteiger partial charge in [0.1, 0.15) is 12.4 Å². The van der Waals surface area contributed by atoms with Crippen LogP contribution in [-0.4, -0.2) is 25.7 Å². The van der Waals surface area contributed by atoms with Crippen molar-refractivity contribution >= 4 is 22.6 Å². The molecule has 0 saturated heterocycles. The van der Waals surface area contributed by atoms with Crippen LogP contribution in [0.25, 0.3) is 22.4 Å². The maximum absolute atomic E-state index is 12.4. The summed E-state index contributed by atoms with van der Waals surface area (Å²) >= 11 is 0. The lowest BCUT2D eigenvalue weighted by molar-refractivity contribution is -0.116. The van der Waals surface area contributed by atoms with Crippen molar-refractivity contribution in [3.05, 3.63) is 60.2 Å². The lowest BCUT2D eigenvalue weighted by Gasteiger charge is -2.08. The van der Waals surface area contributed by atoms with Crippen LogP contribution in [0.1, 0.15) is 18.4 Å². The van der Waals surface area contributed by atoms with Crippen LogP contribution in [0.4, 0.5) is 5.82 Å². The summed E-state index contributed by atoms with van der Waals surface area (Å²) in [6, 6.07) is 11.6. The standard InChI is InChI=1S/C20H19N5O2/c1-3-19-23-24-20(27-19)15-5-4-14-7-9-25(16(14)11-15)12-18(26)22-17-10-13(2)6-8-21-17/h4-11H,3,12H2,1-2H3,(H,21,22,26). The van der Waals surface area contributed by atoms with Crippen molar-refractivity contribution in [2.24, 2.45) is 0 Å². The van der Waals surface area contributed by atoms with Gasteiger partial charge in [0.15, 0.2) is 0 Å². The molecular formula is C20H19N5O2. The molecule has 0 aliphatic rings. The largest absolute Gasteiger partial charge is 0.421 e. The highest BCUT2D eigenvalue weighted by molar-refractivity contribution is 5.92. The Morgan fingerprint density at radius 3 is 2.85 bits per heavy atom. The first-order valence-electron chi connectivity index (χ1n) is 8.76. The van der Waals surface area contributed by atoms with Gasteiger partial charge in [-0.2, -0.15) is 0 Å². The topological polar surface area (TPSA) is 85.8 Å². The van der Waals surface area contributed by atoms with Crippen molar-refractivity contribution in [2.45, 2.75) is 26.8 Å². The molecule has 3 aromatic heterocycles. The predicted molar refractivity (Wildman–Crippen MR) is 102 cm³/mol. The lowest BCUT2D eigenvalue weighted by Crippen LogP contribution is -2.18. The number of rotatable bonds is 5. The summed E-state index contributed by atoms with van der Waals surface area (Å²) in [6.45, 7) is 4.11. The molecule has 136 valence electrons. The lowest BCUT2D eigenvalue weighted by atomic mass is 10.1. The highest BCUT2D eigenvalue weighted by atomic mass is 16.4. The van der Waals surface area contributed by atoms with E-state index in [-0.39, 0.29) is 12.5 Å². The minimum Gasteiger partial charge on any atom is -0.421 e. The van der Waals surface area contributed by atoms with Gasteiger partial charge in [-0.3, -0.25) is 4.79 Å². The molecule has 1 amide bonds. The van der Waals surface area contributed by atoms with E-state index in [1.165, 1.54) is 0 Å². The van der Waals surface area contributed by atoms with E-state index < -0.39 is 0 Å². The molecule has 0 fully saturated rings. The molecule has 1 N–H and O–H groups in total. The highest BCUT2D eigenvalue weighted by Gasteiger charge is 2.12. The third-order valence-electron chi connectivity index (χ3n) is 4.29. The zero-order valence-electron chi connectivity index (χ0n) is 15.1. The predicted octanol–water partition coefficient (Wildman–Crippen LogP) is 3.60. The zero-order valence-corrected chi connectivity index (χ0v) is 15.1. The van der Waals surface area contributed by atoms with E-state index in [2.05, 4.69) is 20.5 Å². The van der Waals surface area contributed by atoms with Crippen molar-refractivity contribution in [1.82, 2.24) is 19.7 Å². The summed E-state index contributed by atoms with van der Waals surface area (Å²) in [7, 11) is 0. The number of anilines is 1. The molecule has 1 aromatic carbocycles. The maximum atomic E-state index is 12.4. The summed E-state index contributed by atoms with van der Waals surface area (Å²) in [4.78, 5) is 16.6. The molecule has 4 rings (SSSR count). The third kappa shape index (κ3) is 3.57. The average molecular weight is 361 g/mol. The van der Waals surface area contributed by atoms with Gasteiger partial charge in [-0.25, -0.2) is 4.98 Å². The first kappa shape index (κ1) is 17.0. The van der Waals surface area contributed by atoms with Gasteiger partial charge in [0.2, 0.25) is 17.7 Å². The van der Waals surface area contributed by atoms with Gasteiger partial charge in [0.25, 0.3) is 0 Å². The van der Waals surface area contributed by atoms with E-state index in [4.69, 9.17) is 4.42 Å². The van der Waals surface area contributed by atoms with Crippen LogP contribution in [-0.2, 0) is 17.8 Å². The summed E-state index contributed by atoms with van der Waals surface area (Å²) in [5.41, 5.74) is 2.80. The Hall–Kier alpha value is -3.48. The number of amides is 1. The number of pyridine rings is 1. The van der Waals surface area contributed by atoms with E-state index in [0.29, 0.717) is 24.0 Å². The fraction of sp³-hybridized carbons (Fsp3) is 0.200. The molecule has 7 nitrogen and oxygen atoms in total. The Balaban J connectivity index is 1.58. The summed E-state index contributed by atoms with van der Waals surface area (Å²) in [6.07, 6.45) is 4.26. The van der Waals surface area contributed by atoms with Crippen molar-refractivity contribution in [1.29, 1.82) is 0 Å². The maximum Gasteiger partial charge on any atom is 0.247 e. The van der Waals surface area contributed by atoms with Gasteiger partial charge >= 0.3 is 0 Å². The van der Waals surface area contributed by atoms with Crippen LogP contribution in [0, 0.1) is 6.92 Å². The summed E-state index contributed by atoms with van der Waals surface area (Å²) in [5, 5.41) is 12.0. The number of fused-ring (bicyclic) bond motifs is 1. The van der Waals surface area contributed by atoms with Gasteiger partial charge in [-0.15, -0.1) is 10.2 Å². The number of carbonyl (C=O) groups is 1. The molecule has 0 aliphatic carbocycles. The Bertz CT molecular complexity index is 1110. The smallest absolute Gasteiger partial charge is 0.247 e. The second-order valence-electron chi connectivity index (χ2n) is 6.34. The van der Waals surface area contributed by atoms with Crippen molar-refractivity contribution in [2.75, 3.05) is 5.32 Å². The van der Waals surface area contributed by atoms with Crippen molar-refractivity contribution in [3.8, 4) is 11.5 Å². The van der Waals surface area contributed by atoms with Gasteiger partial charge in [0, 0.05) is 29.9 Å². The van der Waals surface area contributed by atoms with Crippen LogP contribution in [0.3, 0.4) is 0 Å². The van der Waals surface area contributed by atoms with Gasteiger partial charge in [-0.1, -0.05) is 13.0 Å². The summed E-state index contributed by atoms with van der Waals surface area (Å²) < 4.78 is 7.53. The van der Waals surface area contributed by atoms with Gasteiger partial charge in [0.05, 0.1) is 0 Å². The molecule has 27 heavy (non-hydrogen) atoms. The van der Waals surface area contributed by atoms with E-state index in [9.17, 15) is 4.79 Å². The molecule has 0 radical (unpaired) electrons. The fourth-order valence-corrected chi connectivity index (χ4v) is 2.91. The van der Waals surface area contributed by atoms with E-state index in [0.717, 1.165) is 22.0 Å². The van der Waals surface area contributed by atoms with E-state index in [1.54, 1.807) is 6.20 Å². The number of carbonyl (C=O) groups excluding carboxylic acids is 1. The number of hydrogen-bond acceptors (Lipinski definition) is 5. The first-order valence-corrected chi connectivity index (χ1v) is 8.76.